The third-order valence-corrected chi connectivity index (χ3v) is 1.55. The van der Waals surface area contributed by atoms with E-state index in [9.17, 15) is 4.79 Å². The molecular formula is C8H10O3. The SMILES string of the molecule is O=C(O)C#CCC1CCCO1. The molecule has 3 heteroatoms. The molecular weight excluding hydrogens is 144 g/mol. The first-order valence-corrected chi connectivity index (χ1v) is 3.62. The summed E-state index contributed by atoms with van der Waals surface area (Å²) in [6.45, 7) is 0.791. The first kappa shape index (κ1) is 8.09. The van der Waals surface area contributed by atoms with E-state index < -0.39 is 5.97 Å². The summed E-state index contributed by atoms with van der Waals surface area (Å²) in [5.41, 5.74) is 0. The summed E-state index contributed by atoms with van der Waals surface area (Å²) in [6.07, 6.45) is 2.79. The van der Waals surface area contributed by atoms with Gasteiger partial charge in [-0.25, -0.2) is 4.79 Å². The zero-order valence-electron chi connectivity index (χ0n) is 6.17. The van der Waals surface area contributed by atoms with E-state index in [0.29, 0.717) is 6.42 Å². The molecule has 0 aliphatic carbocycles. The van der Waals surface area contributed by atoms with Gasteiger partial charge in [0.05, 0.1) is 6.10 Å². The minimum absolute atomic E-state index is 0.168. The Labute approximate surface area is 65.4 Å². The van der Waals surface area contributed by atoms with Gasteiger partial charge in [0.2, 0.25) is 0 Å². The highest BCUT2D eigenvalue weighted by Gasteiger charge is 2.13. The molecule has 0 aromatic carbocycles. The third kappa shape index (κ3) is 3.06. The van der Waals surface area contributed by atoms with Gasteiger partial charge in [-0.1, -0.05) is 5.92 Å². The minimum Gasteiger partial charge on any atom is -0.472 e. The highest BCUT2D eigenvalue weighted by atomic mass is 16.5. The van der Waals surface area contributed by atoms with E-state index in [4.69, 9.17) is 9.84 Å². The van der Waals surface area contributed by atoms with E-state index in [1.807, 2.05) is 0 Å². The average molecular weight is 154 g/mol. The number of hydrogen-bond acceptors (Lipinski definition) is 2. The highest BCUT2D eigenvalue weighted by Crippen LogP contribution is 2.13. The lowest BCUT2D eigenvalue weighted by Crippen LogP contribution is -2.02. The molecule has 1 aliphatic heterocycles. The number of rotatable bonds is 1. The van der Waals surface area contributed by atoms with Crippen LogP contribution in [0.5, 0.6) is 0 Å². The fourth-order valence-corrected chi connectivity index (χ4v) is 1.05. The molecule has 1 aliphatic rings. The maximum Gasteiger partial charge on any atom is 0.381 e. The Morgan fingerprint density at radius 1 is 1.73 bits per heavy atom. The maximum absolute atomic E-state index is 9.96. The van der Waals surface area contributed by atoms with Crippen LogP contribution in [0.25, 0.3) is 0 Å². The minimum atomic E-state index is -1.07. The molecule has 0 aromatic heterocycles. The topological polar surface area (TPSA) is 46.5 Å². The van der Waals surface area contributed by atoms with E-state index >= 15 is 0 Å². The summed E-state index contributed by atoms with van der Waals surface area (Å²) in [6, 6.07) is 0. The van der Waals surface area contributed by atoms with Gasteiger partial charge in [0, 0.05) is 18.9 Å². The molecule has 3 nitrogen and oxygen atoms in total. The Kier molecular flexibility index (Phi) is 2.94. The molecule has 1 unspecified atom stereocenters. The standard InChI is InChI=1S/C8H10O3/c9-8(10)5-1-3-7-4-2-6-11-7/h7H,2-4,6H2,(H,9,10). The first-order chi connectivity index (χ1) is 5.29. The van der Waals surface area contributed by atoms with Crippen molar-refractivity contribution >= 4 is 5.97 Å². The van der Waals surface area contributed by atoms with Gasteiger partial charge in [-0.3, -0.25) is 0 Å². The molecule has 60 valence electrons. The fraction of sp³-hybridized carbons (Fsp3) is 0.625. The Balaban J connectivity index is 2.22. The summed E-state index contributed by atoms with van der Waals surface area (Å²) >= 11 is 0. The van der Waals surface area contributed by atoms with E-state index in [1.165, 1.54) is 0 Å². The summed E-state index contributed by atoms with van der Waals surface area (Å²) in [7, 11) is 0. The van der Waals surface area contributed by atoms with Gasteiger partial charge in [-0.2, -0.15) is 0 Å². The van der Waals surface area contributed by atoms with Gasteiger partial charge < -0.3 is 9.84 Å². The molecule has 0 spiro atoms. The third-order valence-electron chi connectivity index (χ3n) is 1.55. The lowest BCUT2D eigenvalue weighted by Gasteiger charge is -2.01. The molecule has 1 saturated heterocycles. The Morgan fingerprint density at radius 3 is 3.09 bits per heavy atom. The lowest BCUT2D eigenvalue weighted by atomic mass is 10.2. The van der Waals surface area contributed by atoms with Crippen LogP contribution in [0.4, 0.5) is 0 Å². The largest absolute Gasteiger partial charge is 0.472 e. The predicted molar refractivity (Wildman–Crippen MR) is 39.0 cm³/mol. The number of aliphatic carboxylic acids is 1. The van der Waals surface area contributed by atoms with E-state index in [1.54, 1.807) is 0 Å². The zero-order chi connectivity index (χ0) is 8.10. The fourth-order valence-electron chi connectivity index (χ4n) is 1.05. The van der Waals surface area contributed by atoms with Gasteiger partial charge in [0.15, 0.2) is 0 Å². The van der Waals surface area contributed by atoms with Crippen molar-refractivity contribution in [1.29, 1.82) is 0 Å². The van der Waals surface area contributed by atoms with E-state index in [0.717, 1.165) is 19.4 Å². The molecule has 0 amide bonds. The van der Waals surface area contributed by atoms with Crippen LogP contribution in [-0.2, 0) is 9.53 Å². The van der Waals surface area contributed by atoms with Crippen molar-refractivity contribution in [2.24, 2.45) is 0 Å². The Morgan fingerprint density at radius 2 is 2.55 bits per heavy atom. The maximum atomic E-state index is 9.96. The van der Waals surface area contributed by atoms with Gasteiger partial charge in [-0.15, -0.1) is 0 Å². The molecule has 1 rings (SSSR count). The van der Waals surface area contributed by atoms with Crippen LogP contribution in [0, 0.1) is 11.8 Å². The number of hydrogen-bond donors (Lipinski definition) is 1. The smallest absolute Gasteiger partial charge is 0.381 e. The van der Waals surface area contributed by atoms with Crippen LogP contribution >= 0.6 is 0 Å². The number of ether oxygens (including phenoxy) is 1. The number of carboxylic acid groups (broad SMARTS) is 1. The van der Waals surface area contributed by atoms with Gasteiger partial charge >= 0.3 is 5.97 Å². The number of carboxylic acids is 1. The van der Waals surface area contributed by atoms with Crippen molar-refractivity contribution in [3.8, 4) is 11.8 Å². The van der Waals surface area contributed by atoms with Crippen LogP contribution in [-0.4, -0.2) is 23.8 Å². The van der Waals surface area contributed by atoms with Crippen molar-refractivity contribution in [3.63, 3.8) is 0 Å². The van der Waals surface area contributed by atoms with Crippen molar-refractivity contribution in [2.75, 3.05) is 6.61 Å². The zero-order valence-corrected chi connectivity index (χ0v) is 6.17. The monoisotopic (exact) mass is 154 g/mol. The molecule has 1 heterocycles. The summed E-state index contributed by atoms with van der Waals surface area (Å²) in [4.78, 5) is 9.96. The first-order valence-electron chi connectivity index (χ1n) is 3.62. The van der Waals surface area contributed by atoms with Gasteiger partial charge in [0.25, 0.3) is 0 Å². The molecule has 0 radical (unpaired) electrons. The van der Waals surface area contributed by atoms with Gasteiger partial charge in [-0.05, 0) is 12.8 Å². The van der Waals surface area contributed by atoms with Crippen LogP contribution in [0.15, 0.2) is 0 Å². The molecule has 0 saturated carbocycles. The Bertz CT molecular complexity index is 193. The molecule has 1 atom stereocenters. The van der Waals surface area contributed by atoms with Crippen LogP contribution in [0.2, 0.25) is 0 Å². The lowest BCUT2D eigenvalue weighted by molar-refractivity contribution is -0.130. The second-order valence-corrected chi connectivity index (χ2v) is 2.45. The van der Waals surface area contributed by atoms with Gasteiger partial charge in [0.1, 0.15) is 0 Å². The molecule has 0 bridgehead atoms. The predicted octanol–water partition coefficient (Wildman–Crippen LogP) is 0.644. The summed E-state index contributed by atoms with van der Waals surface area (Å²) in [5.74, 6) is 3.54. The molecule has 1 fully saturated rings. The summed E-state index contributed by atoms with van der Waals surface area (Å²) < 4.78 is 5.24. The molecule has 0 aromatic rings. The molecule has 1 N–H and O–H groups in total. The van der Waals surface area contributed by atoms with Crippen molar-refractivity contribution in [1.82, 2.24) is 0 Å². The average Bonchev–Trinajstić information content (AvgIpc) is 2.39. The normalized spacial score (nSPS) is 22.4. The highest BCUT2D eigenvalue weighted by molar-refractivity contribution is 5.86. The quantitative estimate of drug-likeness (QED) is 0.564. The second-order valence-electron chi connectivity index (χ2n) is 2.45. The van der Waals surface area contributed by atoms with Crippen LogP contribution in [0.3, 0.4) is 0 Å². The van der Waals surface area contributed by atoms with Crippen molar-refractivity contribution < 1.29 is 14.6 Å². The van der Waals surface area contributed by atoms with Crippen molar-refractivity contribution in [3.05, 3.63) is 0 Å². The van der Waals surface area contributed by atoms with E-state index in [-0.39, 0.29) is 6.10 Å². The Hall–Kier alpha value is -1.01. The number of carbonyl (C=O) groups is 1. The van der Waals surface area contributed by atoms with Crippen molar-refractivity contribution in [2.45, 2.75) is 25.4 Å². The van der Waals surface area contributed by atoms with E-state index in [2.05, 4.69) is 11.8 Å². The van der Waals surface area contributed by atoms with Crippen LogP contribution < -0.4 is 0 Å². The second kappa shape index (κ2) is 3.99. The summed E-state index contributed by atoms with van der Waals surface area (Å²) in [5, 5.41) is 8.17. The van der Waals surface area contributed by atoms with Crippen LogP contribution in [0.1, 0.15) is 19.3 Å². The molecule has 11 heavy (non-hydrogen) atoms.